The Kier molecular flexibility index (Phi) is 2.41. The van der Waals surface area contributed by atoms with Crippen molar-refractivity contribution in [3.63, 3.8) is 0 Å². The Balaban J connectivity index is 2.51. The quantitative estimate of drug-likeness (QED) is 0.851. The van der Waals surface area contributed by atoms with Crippen LogP contribution in [0.15, 0.2) is 12.1 Å². The minimum Gasteiger partial charge on any atom is -0.496 e. The fourth-order valence-corrected chi connectivity index (χ4v) is 2.25. The zero-order chi connectivity index (χ0) is 11.9. The first-order chi connectivity index (χ1) is 7.51. The molecular formula is C13H16O3. The van der Waals surface area contributed by atoms with Gasteiger partial charge in [0.2, 0.25) is 0 Å². The lowest BCUT2D eigenvalue weighted by atomic mass is 9.90. The van der Waals surface area contributed by atoms with Crippen LogP contribution in [0, 0.1) is 13.8 Å². The largest absolute Gasteiger partial charge is 0.496 e. The molecule has 16 heavy (non-hydrogen) atoms. The van der Waals surface area contributed by atoms with Gasteiger partial charge in [-0.05, 0) is 49.4 Å². The minimum absolute atomic E-state index is 0.624. The number of hydrogen-bond donors (Lipinski definition) is 1. The molecule has 2 rings (SSSR count). The molecule has 0 amide bonds. The van der Waals surface area contributed by atoms with Crippen molar-refractivity contribution in [2.75, 3.05) is 7.11 Å². The van der Waals surface area contributed by atoms with Crippen LogP contribution in [-0.2, 0) is 10.2 Å². The lowest BCUT2D eigenvalue weighted by molar-refractivity contribution is -0.140. The highest BCUT2D eigenvalue weighted by Gasteiger charge is 2.52. The Morgan fingerprint density at radius 1 is 1.31 bits per heavy atom. The molecule has 1 saturated carbocycles. The monoisotopic (exact) mass is 220 g/mol. The summed E-state index contributed by atoms with van der Waals surface area (Å²) in [6, 6.07) is 3.88. The molecule has 0 radical (unpaired) electrons. The van der Waals surface area contributed by atoms with Crippen molar-refractivity contribution >= 4 is 5.97 Å². The molecule has 0 spiro atoms. The van der Waals surface area contributed by atoms with Crippen LogP contribution in [-0.4, -0.2) is 18.2 Å². The lowest BCUT2D eigenvalue weighted by Crippen LogP contribution is -2.20. The number of carbonyl (C=O) groups is 1. The number of carboxylic acid groups (broad SMARTS) is 1. The number of benzene rings is 1. The highest BCUT2D eigenvalue weighted by Crippen LogP contribution is 2.50. The number of ether oxygens (including phenoxy) is 1. The summed E-state index contributed by atoms with van der Waals surface area (Å²) in [7, 11) is 1.63. The van der Waals surface area contributed by atoms with Crippen LogP contribution < -0.4 is 4.74 Å². The lowest BCUT2D eigenvalue weighted by Gasteiger charge is -2.16. The number of carboxylic acids is 1. The van der Waals surface area contributed by atoms with Crippen molar-refractivity contribution in [3.8, 4) is 5.75 Å². The Labute approximate surface area is 95.0 Å². The Morgan fingerprint density at radius 2 is 1.94 bits per heavy atom. The molecule has 0 bridgehead atoms. The first kappa shape index (κ1) is 11.0. The van der Waals surface area contributed by atoms with Crippen LogP contribution in [0.3, 0.4) is 0 Å². The van der Waals surface area contributed by atoms with E-state index < -0.39 is 11.4 Å². The maximum Gasteiger partial charge on any atom is 0.314 e. The van der Waals surface area contributed by atoms with E-state index >= 15 is 0 Å². The highest BCUT2D eigenvalue weighted by atomic mass is 16.5. The standard InChI is InChI=1S/C13H16O3/c1-8-7-11(16-3)9(2)6-10(8)13(4-5-13)12(14)15/h6-7H,4-5H2,1-3H3,(H,14,15). The van der Waals surface area contributed by atoms with E-state index in [0.29, 0.717) is 0 Å². The van der Waals surface area contributed by atoms with Gasteiger partial charge in [-0.2, -0.15) is 0 Å². The summed E-state index contributed by atoms with van der Waals surface area (Å²) in [5.74, 6) is 0.114. The average Bonchev–Trinajstić information content (AvgIpc) is 3.01. The van der Waals surface area contributed by atoms with Crippen LogP contribution in [0.5, 0.6) is 5.75 Å². The van der Waals surface area contributed by atoms with Gasteiger partial charge >= 0.3 is 5.97 Å². The molecule has 3 heteroatoms. The van der Waals surface area contributed by atoms with E-state index in [-0.39, 0.29) is 0 Å². The SMILES string of the molecule is COc1cc(C)c(C2(C(=O)O)CC2)cc1C. The van der Waals surface area contributed by atoms with Gasteiger partial charge in [0.1, 0.15) is 5.75 Å². The number of aliphatic carboxylic acids is 1. The normalized spacial score (nSPS) is 16.9. The van der Waals surface area contributed by atoms with Crippen molar-refractivity contribution in [1.29, 1.82) is 0 Å². The number of methoxy groups -OCH3 is 1. The third-order valence-corrected chi connectivity index (χ3v) is 3.42. The van der Waals surface area contributed by atoms with Gasteiger partial charge in [-0.25, -0.2) is 0 Å². The van der Waals surface area contributed by atoms with Gasteiger partial charge in [-0.15, -0.1) is 0 Å². The van der Waals surface area contributed by atoms with Crippen LogP contribution >= 0.6 is 0 Å². The minimum atomic E-state index is -0.708. The highest BCUT2D eigenvalue weighted by molar-refractivity contribution is 5.85. The van der Waals surface area contributed by atoms with E-state index in [1.807, 2.05) is 26.0 Å². The molecule has 0 aromatic heterocycles. The van der Waals surface area contributed by atoms with Crippen LogP contribution in [0.4, 0.5) is 0 Å². The van der Waals surface area contributed by atoms with E-state index in [2.05, 4.69) is 0 Å². The van der Waals surface area contributed by atoms with Crippen molar-refractivity contribution in [1.82, 2.24) is 0 Å². The van der Waals surface area contributed by atoms with Crippen molar-refractivity contribution in [3.05, 3.63) is 28.8 Å². The summed E-state index contributed by atoms with van der Waals surface area (Å²) >= 11 is 0. The summed E-state index contributed by atoms with van der Waals surface area (Å²) in [6.07, 6.45) is 1.49. The van der Waals surface area contributed by atoms with Gasteiger partial charge < -0.3 is 9.84 Å². The van der Waals surface area contributed by atoms with Crippen molar-refractivity contribution in [2.24, 2.45) is 0 Å². The molecule has 1 N–H and O–H groups in total. The van der Waals surface area contributed by atoms with E-state index in [0.717, 1.165) is 35.3 Å². The van der Waals surface area contributed by atoms with Crippen LogP contribution in [0.25, 0.3) is 0 Å². The molecule has 1 aromatic rings. The van der Waals surface area contributed by atoms with Crippen molar-refractivity contribution < 1.29 is 14.6 Å². The zero-order valence-electron chi connectivity index (χ0n) is 9.83. The smallest absolute Gasteiger partial charge is 0.314 e. The summed E-state index contributed by atoms with van der Waals surface area (Å²) in [4.78, 5) is 11.3. The molecule has 1 aliphatic rings. The second kappa shape index (κ2) is 3.51. The van der Waals surface area contributed by atoms with E-state index in [9.17, 15) is 9.90 Å². The zero-order valence-corrected chi connectivity index (χ0v) is 9.83. The molecule has 1 fully saturated rings. The van der Waals surface area contributed by atoms with Gasteiger partial charge in [-0.3, -0.25) is 4.79 Å². The first-order valence-electron chi connectivity index (χ1n) is 5.40. The maximum absolute atomic E-state index is 11.3. The molecule has 3 nitrogen and oxygen atoms in total. The molecule has 0 aliphatic heterocycles. The molecule has 1 aromatic carbocycles. The molecular weight excluding hydrogens is 204 g/mol. The summed E-state index contributed by atoms with van der Waals surface area (Å²) < 4.78 is 5.23. The van der Waals surface area contributed by atoms with Gasteiger partial charge in [-0.1, -0.05) is 6.07 Å². The Bertz CT molecular complexity index is 445. The summed E-state index contributed by atoms with van der Waals surface area (Å²) in [6.45, 7) is 3.89. The van der Waals surface area contributed by atoms with Crippen molar-refractivity contribution in [2.45, 2.75) is 32.1 Å². The number of aryl methyl sites for hydroxylation is 2. The molecule has 86 valence electrons. The topological polar surface area (TPSA) is 46.5 Å². The van der Waals surface area contributed by atoms with Gasteiger partial charge in [0.25, 0.3) is 0 Å². The molecule has 0 saturated heterocycles. The van der Waals surface area contributed by atoms with E-state index in [4.69, 9.17) is 4.74 Å². The van der Waals surface area contributed by atoms with E-state index in [1.165, 1.54) is 0 Å². The van der Waals surface area contributed by atoms with Gasteiger partial charge in [0.05, 0.1) is 12.5 Å². The second-order valence-electron chi connectivity index (χ2n) is 4.52. The first-order valence-corrected chi connectivity index (χ1v) is 5.40. The van der Waals surface area contributed by atoms with Crippen LogP contribution in [0.2, 0.25) is 0 Å². The fourth-order valence-electron chi connectivity index (χ4n) is 2.25. The Hall–Kier alpha value is -1.51. The summed E-state index contributed by atoms with van der Waals surface area (Å²) in [5.41, 5.74) is 2.32. The third-order valence-electron chi connectivity index (χ3n) is 3.42. The number of hydrogen-bond acceptors (Lipinski definition) is 2. The molecule has 1 aliphatic carbocycles. The van der Waals surface area contributed by atoms with Gasteiger partial charge in [0.15, 0.2) is 0 Å². The Morgan fingerprint density at radius 3 is 2.38 bits per heavy atom. The molecule has 0 unspecified atom stereocenters. The summed E-state index contributed by atoms with van der Waals surface area (Å²) in [5, 5.41) is 9.27. The maximum atomic E-state index is 11.3. The van der Waals surface area contributed by atoms with E-state index in [1.54, 1.807) is 7.11 Å². The molecule has 0 heterocycles. The van der Waals surface area contributed by atoms with Crippen LogP contribution in [0.1, 0.15) is 29.5 Å². The fraction of sp³-hybridized carbons (Fsp3) is 0.462. The predicted molar refractivity (Wildman–Crippen MR) is 61.0 cm³/mol. The average molecular weight is 220 g/mol. The molecule has 0 atom stereocenters. The predicted octanol–water partition coefficient (Wildman–Crippen LogP) is 2.43. The van der Waals surface area contributed by atoms with Gasteiger partial charge in [0, 0.05) is 0 Å². The third kappa shape index (κ3) is 1.47. The second-order valence-corrected chi connectivity index (χ2v) is 4.52. The number of rotatable bonds is 3.